The molecule has 0 bridgehead atoms. The molecule has 1 nitrogen and oxygen atoms in total. The molecule has 2 atom stereocenters. The Kier molecular flexibility index (Phi) is 6.16. The standard InChI is InChI=1S/C22H35N/c1-2-3-8-14-22-15-9-7-12-21(22)19-23(18-16-22)17-13-20-10-5-4-6-11-20/h4-6,10-11,21H,2-3,7-9,12-19H2,1H3. The third kappa shape index (κ3) is 4.38. The number of hydrogen-bond donors (Lipinski definition) is 0. The van der Waals surface area contributed by atoms with E-state index >= 15 is 0 Å². The van der Waals surface area contributed by atoms with Gasteiger partial charge in [-0.3, -0.25) is 0 Å². The van der Waals surface area contributed by atoms with Gasteiger partial charge >= 0.3 is 0 Å². The molecule has 0 radical (unpaired) electrons. The van der Waals surface area contributed by atoms with Gasteiger partial charge in [0.15, 0.2) is 0 Å². The van der Waals surface area contributed by atoms with E-state index in [9.17, 15) is 0 Å². The molecule has 1 heterocycles. The van der Waals surface area contributed by atoms with E-state index in [0.29, 0.717) is 0 Å². The zero-order chi connectivity index (χ0) is 16.0. The number of fused-ring (bicyclic) bond motifs is 1. The maximum Gasteiger partial charge on any atom is 0.00219 e. The summed E-state index contributed by atoms with van der Waals surface area (Å²) in [6.45, 7) is 6.31. The maximum absolute atomic E-state index is 2.76. The van der Waals surface area contributed by atoms with Crippen LogP contribution in [0.3, 0.4) is 0 Å². The average molecular weight is 314 g/mol. The molecule has 1 saturated heterocycles. The van der Waals surface area contributed by atoms with E-state index in [1.165, 1.54) is 89.4 Å². The van der Waals surface area contributed by atoms with Crippen molar-refractivity contribution in [3.05, 3.63) is 35.9 Å². The first-order chi connectivity index (χ1) is 11.3. The molecule has 1 aromatic rings. The first-order valence-electron chi connectivity index (χ1n) is 10.1. The number of unbranched alkanes of at least 4 members (excludes halogenated alkanes) is 2. The highest BCUT2D eigenvalue weighted by Crippen LogP contribution is 2.50. The monoisotopic (exact) mass is 313 g/mol. The van der Waals surface area contributed by atoms with Gasteiger partial charge in [-0.25, -0.2) is 0 Å². The number of piperidine rings is 1. The third-order valence-corrected chi connectivity index (χ3v) is 6.59. The van der Waals surface area contributed by atoms with Crippen LogP contribution < -0.4 is 0 Å². The summed E-state index contributed by atoms with van der Waals surface area (Å²) in [5, 5.41) is 0. The topological polar surface area (TPSA) is 3.24 Å². The lowest BCUT2D eigenvalue weighted by Crippen LogP contribution is -2.49. The average Bonchev–Trinajstić information content (AvgIpc) is 2.61. The molecule has 0 spiro atoms. The second-order valence-corrected chi connectivity index (χ2v) is 8.05. The van der Waals surface area contributed by atoms with E-state index in [1.807, 2.05) is 0 Å². The number of benzene rings is 1. The van der Waals surface area contributed by atoms with Gasteiger partial charge in [0.25, 0.3) is 0 Å². The third-order valence-electron chi connectivity index (χ3n) is 6.59. The van der Waals surface area contributed by atoms with Crippen LogP contribution in [0.2, 0.25) is 0 Å². The fourth-order valence-corrected chi connectivity index (χ4v) is 5.09. The van der Waals surface area contributed by atoms with Gasteiger partial charge < -0.3 is 4.90 Å². The molecule has 1 aliphatic carbocycles. The van der Waals surface area contributed by atoms with Crippen molar-refractivity contribution in [3.63, 3.8) is 0 Å². The SMILES string of the molecule is CCCCCC12CCCCC1CN(CCc1ccccc1)CC2. The Labute approximate surface area is 143 Å². The fraction of sp³-hybridized carbons (Fsp3) is 0.727. The first-order valence-corrected chi connectivity index (χ1v) is 10.1. The lowest BCUT2D eigenvalue weighted by atomic mass is 9.60. The Morgan fingerprint density at radius 1 is 1.09 bits per heavy atom. The second kappa shape index (κ2) is 8.33. The minimum absolute atomic E-state index is 0.719. The predicted molar refractivity (Wildman–Crippen MR) is 99.7 cm³/mol. The summed E-state index contributed by atoms with van der Waals surface area (Å²) in [5.41, 5.74) is 2.22. The highest BCUT2D eigenvalue weighted by atomic mass is 15.1. The van der Waals surface area contributed by atoms with Crippen LogP contribution in [0.25, 0.3) is 0 Å². The van der Waals surface area contributed by atoms with Gasteiger partial charge in [0, 0.05) is 13.1 Å². The lowest BCUT2D eigenvalue weighted by molar-refractivity contribution is -0.00919. The highest BCUT2D eigenvalue weighted by Gasteiger charge is 2.43. The van der Waals surface area contributed by atoms with Gasteiger partial charge in [0.05, 0.1) is 0 Å². The second-order valence-electron chi connectivity index (χ2n) is 8.05. The molecule has 3 rings (SSSR count). The van der Waals surface area contributed by atoms with Gasteiger partial charge in [-0.15, -0.1) is 0 Å². The van der Waals surface area contributed by atoms with E-state index in [-0.39, 0.29) is 0 Å². The Bertz CT molecular complexity index is 454. The quantitative estimate of drug-likeness (QED) is 0.584. The van der Waals surface area contributed by atoms with Crippen LogP contribution in [0.5, 0.6) is 0 Å². The maximum atomic E-state index is 2.76. The Hall–Kier alpha value is -0.820. The molecule has 128 valence electrons. The van der Waals surface area contributed by atoms with Crippen LogP contribution in [0.15, 0.2) is 30.3 Å². The molecule has 0 amide bonds. The first kappa shape index (κ1) is 17.0. The lowest BCUT2D eigenvalue weighted by Gasteiger charge is -2.51. The number of rotatable bonds is 7. The normalized spacial score (nSPS) is 28.5. The molecule has 1 heteroatoms. The Morgan fingerprint density at radius 2 is 1.96 bits per heavy atom. The van der Waals surface area contributed by atoms with Crippen molar-refractivity contribution in [2.75, 3.05) is 19.6 Å². The summed E-state index contributed by atoms with van der Waals surface area (Å²) in [7, 11) is 0. The highest BCUT2D eigenvalue weighted by molar-refractivity contribution is 5.15. The van der Waals surface area contributed by atoms with Crippen molar-refractivity contribution in [1.29, 1.82) is 0 Å². The van der Waals surface area contributed by atoms with Crippen molar-refractivity contribution in [1.82, 2.24) is 4.90 Å². The van der Waals surface area contributed by atoms with Crippen molar-refractivity contribution >= 4 is 0 Å². The Balaban J connectivity index is 1.53. The Morgan fingerprint density at radius 3 is 2.78 bits per heavy atom. The van der Waals surface area contributed by atoms with E-state index in [4.69, 9.17) is 0 Å². The molecule has 0 aromatic heterocycles. The summed E-state index contributed by atoms with van der Waals surface area (Å²) in [5.74, 6) is 0.984. The van der Waals surface area contributed by atoms with Gasteiger partial charge in [0.1, 0.15) is 0 Å². The van der Waals surface area contributed by atoms with E-state index < -0.39 is 0 Å². The summed E-state index contributed by atoms with van der Waals surface area (Å²) in [6.07, 6.45) is 14.5. The molecule has 2 fully saturated rings. The predicted octanol–water partition coefficient (Wildman–Crippen LogP) is 5.69. The summed E-state index contributed by atoms with van der Waals surface area (Å²) < 4.78 is 0. The molecule has 2 aliphatic rings. The van der Waals surface area contributed by atoms with Crippen LogP contribution in [-0.2, 0) is 6.42 Å². The van der Waals surface area contributed by atoms with E-state index in [2.05, 4.69) is 42.2 Å². The minimum atomic E-state index is 0.719. The van der Waals surface area contributed by atoms with Crippen LogP contribution in [0.4, 0.5) is 0 Å². The summed E-state index contributed by atoms with van der Waals surface area (Å²) in [6, 6.07) is 11.0. The molecule has 1 aromatic carbocycles. The van der Waals surface area contributed by atoms with Gasteiger partial charge in [-0.1, -0.05) is 69.4 Å². The molecule has 23 heavy (non-hydrogen) atoms. The van der Waals surface area contributed by atoms with E-state index in [1.54, 1.807) is 0 Å². The molecule has 2 unspecified atom stereocenters. The largest absolute Gasteiger partial charge is 0.303 e. The van der Waals surface area contributed by atoms with Crippen molar-refractivity contribution < 1.29 is 0 Å². The smallest absolute Gasteiger partial charge is 0.00219 e. The van der Waals surface area contributed by atoms with Crippen molar-refractivity contribution in [2.45, 2.75) is 71.1 Å². The molecule has 1 saturated carbocycles. The molecule has 1 aliphatic heterocycles. The molecular weight excluding hydrogens is 278 g/mol. The van der Waals surface area contributed by atoms with Crippen LogP contribution >= 0.6 is 0 Å². The zero-order valence-electron chi connectivity index (χ0n) is 15.1. The molecular formula is C22H35N. The van der Waals surface area contributed by atoms with Gasteiger partial charge in [0.2, 0.25) is 0 Å². The van der Waals surface area contributed by atoms with Crippen LogP contribution in [-0.4, -0.2) is 24.5 Å². The van der Waals surface area contributed by atoms with Crippen LogP contribution in [0.1, 0.15) is 70.3 Å². The number of hydrogen-bond acceptors (Lipinski definition) is 1. The van der Waals surface area contributed by atoms with E-state index in [0.717, 1.165) is 11.3 Å². The number of nitrogens with zero attached hydrogens (tertiary/aromatic N) is 1. The zero-order valence-corrected chi connectivity index (χ0v) is 15.1. The van der Waals surface area contributed by atoms with Crippen molar-refractivity contribution in [2.24, 2.45) is 11.3 Å². The fourth-order valence-electron chi connectivity index (χ4n) is 5.09. The van der Waals surface area contributed by atoms with Crippen molar-refractivity contribution in [3.8, 4) is 0 Å². The van der Waals surface area contributed by atoms with Gasteiger partial charge in [-0.2, -0.15) is 0 Å². The summed E-state index contributed by atoms with van der Waals surface area (Å²) >= 11 is 0. The summed E-state index contributed by atoms with van der Waals surface area (Å²) in [4.78, 5) is 2.76. The van der Waals surface area contributed by atoms with Crippen LogP contribution in [0, 0.1) is 11.3 Å². The number of likely N-dealkylation sites (tertiary alicyclic amines) is 1. The van der Waals surface area contributed by atoms with Gasteiger partial charge in [-0.05, 0) is 55.5 Å². The molecule has 0 N–H and O–H groups in total. The minimum Gasteiger partial charge on any atom is -0.303 e.